The van der Waals surface area contributed by atoms with E-state index in [9.17, 15) is 0 Å². The van der Waals surface area contributed by atoms with E-state index in [1.165, 1.54) is 28.9 Å². The molecule has 0 spiro atoms. The van der Waals surface area contributed by atoms with Gasteiger partial charge in [-0.3, -0.25) is 0 Å². The Morgan fingerprint density at radius 2 is 1.95 bits per heavy atom. The van der Waals surface area contributed by atoms with E-state index in [1.807, 2.05) is 0 Å². The van der Waals surface area contributed by atoms with Crippen molar-refractivity contribution in [3.05, 3.63) is 69.1 Å². The molecule has 3 atom stereocenters. The van der Waals surface area contributed by atoms with Crippen molar-refractivity contribution < 1.29 is 0 Å². The lowest BCUT2D eigenvalue weighted by molar-refractivity contribution is 0.339. The molecule has 1 saturated carbocycles. The van der Waals surface area contributed by atoms with Gasteiger partial charge in [0.1, 0.15) is 0 Å². The zero-order valence-electron chi connectivity index (χ0n) is 11.9. The van der Waals surface area contributed by atoms with Crippen LogP contribution in [0.5, 0.6) is 0 Å². The monoisotopic (exact) mass is 292 g/mol. The first kappa shape index (κ1) is 12.1. The van der Waals surface area contributed by atoms with Crippen LogP contribution in [0, 0.1) is 17.8 Å². The largest absolute Gasteiger partial charge is 0.0847 e. The molecule has 0 saturated heterocycles. The van der Waals surface area contributed by atoms with Crippen molar-refractivity contribution in [1.82, 2.24) is 0 Å². The minimum absolute atomic E-state index is 0.612. The molecule has 0 aliphatic heterocycles. The Labute approximate surface area is 129 Å². The second kappa shape index (κ2) is 4.24. The molecule has 5 rings (SSSR count). The summed E-state index contributed by atoms with van der Waals surface area (Å²) < 4.78 is 0. The van der Waals surface area contributed by atoms with Gasteiger partial charge in [0.2, 0.25) is 0 Å². The molecule has 4 aliphatic rings. The number of allylic oxidation sites excluding steroid dienone is 6. The van der Waals surface area contributed by atoms with Gasteiger partial charge in [-0.2, -0.15) is 0 Å². The molecule has 1 heteroatoms. The van der Waals surface area contributed by atoms with E-state index in [0.717, 1.165) is 17.4 Å². The van der Waals surface area contributed by atoms with Gasteiger partial charge < -0.3 is 0 Å². The highest BCUT2D eigenvalue weighted by molar-refractivity contribution is 6.31. The van der Waals surface area contributed by atoms with Crippen LogP contribution in [0.3, 0.4) is 0 Å². The summed E-state index contributed by atoms with van der Waals surface area (Å²) in [5.41, 5.74) is 4.64. The van der Waals surface area contributed by atoms with E-state index in [0.29, 0.717) is 11.8 Å². The van der Waals surface area contributed by atoms with E-state index in [2.05, 4.69) is 48.6 Å². The first-order valence-electron chi connectivity index (χ1n) is 7.91. The van der Waals surface area contributed by atoms with Crippen LogP contribution in [0.1, 0.15) is 19.3 Å². The van der Waals surface area contributed by atoms with Crippen LogP contribution < -0.4 is 10.4 Å². The second-order valence-electron chi connectivity index (χ2n) is 6.60. The Kier molecular flexibility index (Phi) is 2.43. The summed E-state index contributed by atoms with van der Waals surface area (Å²) in [5.74, 6) is 2.06. The van der Waals surface area contributed by atoms with E-state index >= 15 is 0 Å². The second-order valence-corrected chi connectivity index (χ2v) is 7.04. The number of hydrogen-bond acceptors (Lipinski definition) is 0. The number of halogens is 1. The fraction of sp³-hybridized carbons (Fsp3) is 0.300. The fourth-order valence-electron chi connectivity index (χ4n) is 4.86. The van der Waals surface area contributed by atoms with Gasteiger partial charge in [0.15, 0.2) is 0 Å². The molecule has 1 fully saturated rings. The lowest BCUT2D eigenvalue weighted by Gasteiger charge is -2.30. The molecule has 1 aromatic rings. The van der Waals surface area contributed by atoms with Gasteiger partial charge in [-0.25, -0.2) is 0 Å². The molecular weight excluding hydrogens is 276 g/mol. The Bertz CT molecular complexity index is 850. The van der Waals surface area contributed by atoms with Crippen molar-refractivity contribution in [2.45, 2.75) is 19.3 Å². The standard InChI is InChI=1S/C20H17Cl/c21-14-8-9-16-17-7-3-5-13-10-12-4-1-2-6-15(12)20(19(13)17)18(16)11-14/h1-2,4-6,8,10-11,16-17,19H,3,7,9H2. The number of rotatable bonds is 0. The molecule has 0 aromatic heterocycles. The average molecular weight is 293 g/mol. The predicted octanol–water partition coefficient (Wildman–Crippen LogP) is 3.67. The third-order valence-corrected chi connectivity index (χ3v) is 5.90. The van der Waals surface area contributed by atoms with Crippen LogP contribution in [0.2, 0.25) is 0 Å². The molecule has 3 unspecified atom stereocenters. The molecule has 1 aromatic carbocycles. The topological polar surface area (TPSA) is 0 Å². The Morgan fingerprint density at radius 3 is 2.90 bits per heavy atom. The van der Waals surface area contributed by atoms with Crippen LogP contribution in [0.15, 0.2) is 58.7 Å². The number of fused-ring (bicyclic) bond motifs is 4. The maximum atomic E-state index is 6.33. The Morgan fingerprint density at radius 1 is 1.05 bits per heavy atom. The van der Waals surface area contributed by atoms with Crippen molar-refractivity contribution in [1.29, 1.82) is 0 Å². The molecule has 0 N–H and O–H groups in total. The van der Waals surface area contributed by atoms with Gasteiger partial charge in [-0.15, -0.1) is 0 Å². The Hall–Kier alpha value is -1.53. The van der Waals surface area contributed by atoms with Gasteiger partial charge in [-0.1, -0.05) is 54.1 Å². The van der Waals surface area contributed by atoms with Crippen molar-refractivity contribution in [3.63, 3.8) is 0 Å². The summed E-state index contributed by atoms with van der Waals surface area (Å²) in [4.78, 5) is 0. The quantitative estimate of drug-likeness (QED) is 0.684. The zero-order valence-corrected chi connectivity index (χ0v) is 12.6. The maximum absolute atomic E-state index is 6.33. The van der Waals surface area contributed by atoms with E-state index in [1.54, 1.807) is 11.1 Å². The average Bonchev–Trinajstić information content (AvgIpc) is 2.84. The van der Waals surface area contributed by atoms with Crippen LogP contribution in [0.25, 0.3) is 11.6 Å². The molecule has 4 aliphatic carbocycles. The fourth-order valence-corrected chi connectivity index (χ4v) is 5.07. The molecular formula is C20H17Cl. The van der Waals surface area contributed by atoms with Gasteiger partial charge >= 0.3 is 0 Å². The van der Waals surface area contributed by atoms with Crippen molar-refractivity contribution in [2.75, 3.05) is 0 Å². The first-order chi connectivity index (χ1) is 10.3. The minimum Gasteiger partial charge on any atom is -0.0847 e. The van der Waals surface area contributed by atoms with E-state index < -0.39 is 0 Å². The highest BCUT2D eigenvalue weighted by Crippen LogP contribution is 2.56. The van der Waals surface area contributed by atoms with Crippen LogP contribution in [0.4, 0.5) is 0 Å². The summed E-state index contributed by atoms with van der Waals surface area (Å²) in [7, 11) is 0. The highest BCUT2D eigenvalue weighted by atomic mass is 35.5. The molecule has 0 nitrogen and oxygen atoms in total. The van der Waals surface area contributed by atoms with Gasteiger partial charge in [0, 0.05) is 11.0 Å². The summed E-state index contributed by atoms with van der Waals surface area (Å²) in [6.07, 6.45) is 13.0. The molecule has 0 bridgehead atoms. The van der Waals surface area contributed by atoms with Gasteiger partial charge in [0.05, 0.1) is 0 Å². The minimum atomic E-state index is 0.612. The first-order valence-corrected chi connectivity index (χ1v) is 8.29. The van der Waals surface area contributed by atoms with Crippen molar-refractivity contribution in [2.24, 2.45) is 17.8 Å². The van der Waals surface area contributed by atoms with Gasteiger partial charge in [0.25, 0.3) is 0 Å². The summed E-state index contributed by atoms with van der Waals surface area (Å²) in [6.45, 7) is 0. The molecule has 0 heterocycles. The van der Waals surface area contributed by atoms with Crippen LogP contribution in [-0.2, 0) is 0 Å². The maximum Gasteiger partial charge on any atom is 0.0369 e. The summed E-state index contributed by atoms with van der Waals surface area (Å²) in [6, 6.07) is 8.85. The normalized spacial score (nSPS) is 32.1. The summed E-state index contributed by atoms with van der Waals surface area (Å²) in [5, 5.41) is 3.74. The SMILES string of the molecule is ClC1=CCC2C(=C1)C1=c3ccccc3=CC3=CCCC2C31. The number of benzene rings is 1. The van der Waals surface area contributed by atoms with Crippen molar-refractivity contribution >= 4 is 23.3 Å². The predicted molar refractivity (Wildman–Crippen MR) is 88.0 cm³/mol. The number of hydrogen-bond donors (Lipinski definition) is 0. The van der Waals surface area contributed by atoms with Crippen LogP contribution >= 0.6 is 11.6 Å². The van der Waals surface area contributed by atoms with E-state index in [4.69, 9.17) is 11.6 Å². The highest BCUT2D eigenvalue weighted by Gasteiger charge is 2.46. The Balaban J connectivity index is 1.91. The van der Waals surface area contributed by atoms with Gasteiger partial charge in [-0.05, 0) is 64.3 Å². The molecule has 21 heavy (non-hydrogen) atoms. The zero-order chi connectivity index (χ0) is 14.0. The molecule has 0 radical (unpaired) electrons. The van der Waals surface area contributed by atoms with E-state index in [-0.39, 0.29) is 0 Å². The van der Waals surface area contributed by atoms with Crippen LogP contribution in [-0.4, -0.2) is 0 Å². The lowest BCUT2D eigenvalue weighted by Crippen LogP contribution is -2.34. The summed E-state index contributed by atoms with van der Waals surface area (Å²) >= 11 is 6.33. The lowest BCUT2D eigenvalue weighted by atomic mass is 9.74. The molecule has 0 amide bonds. The third kappa shape index (κ3) is 1.57. The third-order valence-electron chi connectivity index (χ3n) is 5.64. The molecule has 104 valence electrons. The van der Waals surface area contributed by atoms with Crippen molar-refractivity contribution in [3.8, 4) is 0 Å². The smallest absolute Gasteiger partial charge is 0.0369 e.